The maximum atomic E-state index is 11.0. The van der Waals surface area contributed by atoms with Crippen molar-refractivity contribution >= 4 is 11.9 Å². The first kappa shape index (κ1) is 17.6. The minimum absolute atomic E-state index is 0.0856. The van der Waals surface area contributed by atoms with E-state index in [0.29, 0.717) is 12.5 Å². The van der Waals surface area contributed by atoms with Crippen molar-refractivity contribution in [1.82, 2.24) is 0 Å². The lowest BCUT2D eigenvalue weighted by Gasteiger charge is -2.10. The lowest BCUT2D eigenvalue weighted by atomic mass is 10.1. The minimum Gasteiger partial charge on any atom is -0.478 e. The summed E-state index contributed by atoms with van der Waals surface area (Å²) in [6, 6.07) is 0. The van der Waals surface area contributed by atoms with E-state index >= 15 is 0 Å². The van der Waals surface area contributed by atoms with Crippen molar-refractivity contribution in [3.63, 3.8) is 0 Å². The van der Waals surface area contributed by atoms with E-state index < -0.39 is 18.0 Å². The summed E-state index contributed by atoms with van der Waals surface area (Å²) in [5.74, 6) is -1.95. The molecule has 0 aliphatic heterocycles. The van der Waals surface area contributed by atoms with Gasteiger partial charge in [-0.05, 0) is 6.42 Å². The highest BCUT2D eigenvalue weighted by Gasteiger charge is 2.07. The Bertz CT molecular complexity index is 286. The smallest absolute Gasteiger partial charge is 0.331 e. The summed E-state index contributed by atoms with van der Waals surface area (Å²) in [7, 11) is 0. The fourth-order valence-electron chi connectivity index (χ4n) is 1.61. The third kappa shape index (κ3) is 12.9. The highest BCUT2D eigenvalue weighted by molar-refractivity contribution is 5.90. The molecule has 2 N–H and O–H groups in total. The molecular formula is C14H24O5. The first-order chi connectivity index (χ1) is 9.06. The summed E-state index contributed by atoms with van der Waals surface area (Å²) in [5, 5.41) is 17.9. The Labute approximate surface area is 114 Å². The molecule has 0 fully saturated rings. The van der Waals surface area contributed by atoms with E-state index in [1.54, 1.807) is 0 Å². The summed E-state index contributed by atoms with van der Waals surface area (Å²) in [4.78, 5) is 21.2. The molecule has 0 aliphatic rings. The predicted octanol–water partition coefficient (Wildman–Crippen LogP) is 2.28. The molecule has 0 aromatic carbocycles. The Morgan fingerprint density at radius 2 is 1.74 bits per heavy atom. The van der Waals surface area contributed by atoms with E-state index in [1.807, 2.05) is 0 Å². The molecule has 0 saturated heterocycles. The number of hydrogen-bond acceptors (Lipinski definition) is 4. The number of carbonyl (C=O) groups excluding carboxylic acids is 1. The normalized spacial score (nSPS) is 12.5. The Balaban J connectivity index is 3.51. The molecule has 0 radical (unpaired) electrons. The van der Waals surface area contributed by atoms with Crippen LogP contribution in [0.2, 0.25) is 0 Å². The average Bonchev–Trinajstić information content (AvgIpc) is 2.38. The molecule has 1 atom stereocenters. The predicted molar refractivity (Wildman–Crippen MR) is 71.7 cm³/mol. The first-order valence-electron chi connectivity index (χ1n) is 6.82. The van der Waals surface area contributed by atoms with Gasteiger partial charge in [-0.25, -0.2) is 9.59 Å². The van der Waals surface area contributed by atoms with Crippen molar-refractivity contribution in [3.8, 4) is 0 Å². The minimum atomic E-state index is -1.20. The molecule has 0 aromatic heterocycles. The van der Waals surface area contributed by atoms with Gasteiger partial charge in [0.25, 0.3) is 0 Å². The van der Waals surface area contributed by atoms with Crippen molar-refractivity contribution < 1.29 is 24.5 Å². The zero-order chi connectivity index (χ0) is 14.5. The quantitative estimate of drug-likeness (QED) is 0.342. The average molecular weight is 272 g/mol. The van der Waals surface area contributed by atoms with Crippen LogP contribution in [0.3, 0.4) is 0 Å². The molecule has 0 bridgehead atoms. The Hall–Kier alpha value is -1.36. The lowest BCUT2D eigenvalue weighted by molar-refractivity contribution is -0.141. The molecule has 0 rings (SSSR count). The molecule has 0 heterocycles. The largest absolute Gasteiger partial charge is 0.478 e. The van der Waals surface area contributed by atoms with Crippen LogP contribution >= 0.6 is 0 Å². The molecule has 0 saturated carbocycles. The van der Waals surface area contributed by atoms with E-state index in [4.69, 9.17) is 9.84 Å². The zero-order valence-electron chi connectivity index (χ0n) is 11.5. The third-order valence-corrected chi connectivity index (χ3v) is 2.67. The SMILES string of the molecule is CCCCCCCCC(O)COC(=O)/C=C/C(=O)O. The fraction of sp³-hybridized carbons (Fsp3) is 0.714. The van der Waals surface area contributed by atoms with Crippen LogP contribution in [0, 0.1) is 0 Å². The summed E-state index contributed by atoms with van der Waals surface area (Å²) in [6.45, 7) is 2.08. The van der Waals surface area contributed by atoms with E-state index in [-0.39, 0.29) is 6.61 Å². The molecule has 19 heavy (non-hydrogen) atoms. The van der Waals surface area contributed by atoms with Crippen LogP contribution in [0.15, 0.2) is 12.2 Å². The summed E-state index contributed by atoms with van der Waals surface area (Å²) in [5.41, 5.74) is 0. The number of rotatable bonds is 11. The van der Waals surface area contributed by atoms with Crippen molar-refractivity contribution in [2.45, 2.75) is 58.0 Å². The topological polar surface area (TPSA) is 83.8 Å². The first-order valence-corrected chi connectivity index (χ1v) is 6.82. The van der Waals surface area contributed by atoms with Gasteiger partial charge in [0.15, 0.2) is 0 Å². The number of aliphatic carboxylic acids is 1. The summed E-state index contributed by atoms with van der Waals surface area (Å²) >= 11 is 0. The molecule has 0 aromatic rings. The number of aliphatic hydroxyl groups is 1. The molecule has 1 unspecified atom stereocenters. The van der Waals surface area contributed by atoms with Gasteiger partial charge in [-0.1, -0.05) is 45.4 Å². The van der Waals surface area contributed by atoms with Crippen molar-refractivity contribution in [2.75, 3.05) is 6.61 Å². The molecule has 0 aliphatic carbocycles. The number of ether oxygens (including phenoxy) is 1. The van der Waals surface area contributed by atoms with Gasteiger partial charge in [0.2, 0.25) is 0 Å². The van der Waals surface area contributed by atoms with Gasteiger partial charge in [0.1, 0.15) is 6.61 Å². The van der Waals surface area contributed by atoms with Crippen LogP contribution in [0.4, 0.5) is 0 Å². The second-order valence-electron chi connectivity index (χ2n) is 4.51. The van der Waals surface area contributed by atoms with Crippen LogP contribution in [0.25, 0.3) is 0 Å². The molecular weight excluding hydrogens is 248 g/mol. The van der Waals surface area contributed by atoms with Crippen LogP contribution < -0.4 is 0 Å². The molecule has 110 valence electrons. The van der Waals surface area contributed by atoms with Gasteiger partial charge in [-0.15, -0.1) is 0 Å². The van der Waals surface area contributed by atoms with Gasteiger partial charge < -0.3 is 14.9 Å². The number of esters is 1. The number of carboxylic acid groups (broad SMARTS) is 1. The van der Waals surface area contributed by atoms with E-state index in [9.17, 15) is 14.7 Å². The molecule has 5 nitrogen and oxygen atoms in total. The van der Waals surface area contributed by atoms with E-state index in [1.165, 1.54) is 25.7 Å². The van der Waals surface area contributed by atoms with Gasteiger partial charge in [0.05, 0.1) is 6.10 Å². The van der Waals surface area contributed by atoms with Gasteiger partial charge in [-0.2, -0.15) is 0 Å². The molecule has 5 heteroatoms. The monoisotopic (exact) mass is 272 g/mol. The van der Waals surface area contributed by atoms with Gasteiger partial charge in [0, 0.05) is 12.2 Å². The van der Waals surface area contributed by atoms with E-state index in [0.717, 1.165) is 18.9 Å². The van der Waals surface area contributed by atoms with Gasteiger partial charge in [-0.3, -0.25) is 0 Å². The van der Waals surface area contributed by atoms with Crippen molar-refractivity contribution in [3.05, 3.63) is 12.2 Å². The molecule has 0 amide bonds. The zero-order valence-corrected chi connectivity index (χ0v) is 11.5. The van der Waals surface area contributed by atoms with Crippen LogP contribution in [0.5, 0.6) is 0 Å². The van der Waals surface area contributed by atoms with Crippen LogP contribution in [0.1, 0.15) is 51.9 Å². The number of carboxylic acids is 1. The Kier molecular flexibility index (Phi) is 10.9. The number of aliphatic hydroxyl groups excluding tert-OH is 1. The highest BCUT2D eigenvalue weighted by atomic mass is 16.5. The second-order valence-corrected chi connectivity index (χ2v) is 4.51. The number of unbranched alkanes of at least 4 members (excludes halogenated alkanes) is 5. The lowest BCUT2D eigenvalue weighted by Crippen LogP contribution is -2.17. The van der Waals surface area contributed by atoms with Crippen molar-refractivity contribution in [1.29, 1.82) is 0 Å². The van der Waals surface area contributed by atoms with Crippen LogP contribution in [-0.2, 0) is 14.3 Å². The summed E-state index contributed by atoms with van der Waals surface area (Å²) < 4.78 is 4.71. The maximum Gasteiger partial charge on any atom is 0.331 e. The number of carbonyl (C=O) groups is 2. The molecule has 0 spiro atoms. The Morgan fingerprint density at radius 1 is 1.11 bits per heavy atom. The number of hydrogen-bond donors (Lipinski definition) is 2. The summed E-state index contributed by atoms with van der Waals surface area (Å²) in [6.07, 6.45) is 8.30. The van der Waals surface area contributed by atoms with Crippen LogP contribution in [-0.4, -0.2) is 34.9 Å². The van der Waals surface area contributed by atoms with Gasteiger partial charge >= 0.3 is 11.9 Å². The third-order valence-electron chi connectivity index (χ3n) is 2.67. The maximum absolute atomic E-state index is 11.0. The van der Waals surface area contributed by atoms with Crippen molar-refractivity contribution in [2.24, 2.45) is 0 Å². The standard InChI is InChI=1S/C14H24O5/c1-2-3-4-5-6-7-8-12(15)11-19-14(18)10-9-13(16)17/h9-10,12,15H,2-8,11H2,1H3,(H,16,17)/b10-9+. The highest BCUT2D eigenvalue weighted by Crippen LogP contribution is 2.08. The Morgan fingerprint density at radius 3 is 2.37 bits per heavy atom. The van der Waals surface area contributed by atoms with E-state index in [2.05, 4.69) is 6.92 Å². The second kappa shape index (κ2) is 11.7. The fourth-order valence-corrected chi connectivity index (χ4v) is 1.61.